The highest BCUT2D eigenvalue weighted by atomic mass is 16.5. The minimum atomic E-state index is 0.662. The second-order valence-corrected chi connectivity index (χ2v) is 4.57. The molecule has 1 fully saturated rings. The molecule has 0 radical (unpaired) electrons. The molecule has 0 aromatic rings. The lowest BCUT2D eigenvalue weighted by molar-refractivity contribution is 0.0104. The molecule has 0 spiro atoms. The van der Waals surface area contributed by atoms with Crippen LogP contribution in [0.3, 0.4) is 0 Å². The monoisotopic (exact) mass is 290 g/mol. The minimum absolute atomic E-state index is 0.662. The Bertz CT molecular complexity index is 186. The molecule has 0 saturated carbocycles. The molecule has 1 rings (SSSR count). The van der Waals surface area contributed by atoms with E-state index < -0.39 is 0 Å². The van der Waals surface area contributed by atoms with Crippen LogP contribution < -0.4 is 0 Å². The van der Waals surface area contributed by atoms with E-state index in [0.717, 1.165) is 32.8 Å². The first-order chi connectivity index (χ1) is 9.83. The van der Waals surface area contributed by atoms with Crippen molar-refractivity contribution in [3.05, 3.63) is 0 Å². The summed E-state index contributed by atoms with van der Waals surface area (Å²) in [6.07, 6.45) is 0. The van der Waals surface area contributed by atoms with Gasteiger partial charge in [0.1, 0.15) is 0 Å². The summed E-state index contributed by atoms with van der Waals surface area (Å²) in [7, 11) is 2.17. The summed E-state index contributed by atoms with van der Waals surface area (Å²) in [5.74, 6) is 0. The molecule has 0 bridgehead atoms. The van der Waals surface area contributed by atoms with Crippen LogP contribution in [0.4, 0.5) is 0 Å². The largest absolute Gasteiger partial charge is 0.379 e. The predicted molar refractivity (Wildman–Crippen MR) is 83.4 cm³/mol. The number of ether oxygens (including phenoxy) is 3. The van der Waals surface area contributed by atoms with Crippen molar-refractivity contribution in [2.24, 2.45) is 0 Å². The van der Waals surface area contributed by atoms with Gasteiger partial charge in [0.2, 0.25) is 0 Å². The maximum absolute atomic E-state index is 5.55. The molecule has 5 heteroatoms. The lowest BCUT2D eigenvalue weighted by Gasteiger charge is -2.32. The van der Waals surface area contributed by atoms with Crippen molar-refractivity contribution in [2.75, 3.05) is 79.4 Å². The molecule has 0 atom stereocenters. The third-order valence-electron chi connectivity index (χ3n) is 3.10. The molecular weight excluding hydrogens is 256 g/mol. The molecule has 0 unspecified atom stereocenters. The number of piperazine rings is 1. The fourth-order valence-electron chi connectivity index (χ4n) is 1.85. The van der Waals surface area contributed by atoms with Gasteiger partial charge in [-0.1, -0.05) is 13.8 Å². The van der Waals surface area contributed by atoms with E-state index in [1.54, 1.807) is 0 Å². The highest BCUT2D eigenvalue weighted by Gasteiger charge is 2.12. The lowest BCUT2D eigenvalue weighted by atomic mass is 10.3. The number of nitrogens with zero attached hydrogens (tertiary/aromatic N) is 2. The van der Waals surface area contributed by atoms with E-state index >= 15 is 0 Å². The zero-order chi connectivity index (χ0) is 15.1. The highest BCUT2D eigenvalue weighted by Crippen LogP contribution is 1.98. The van der Waals surface area contributed by atoms with Crippen molar-refractivity contribution >= 4 is 0 Å². The highest BCUT2D eigenvalue weighted by molar-refractivity contribution is 4.68. The van der Waals surface area contributed by atoms with E-state index in [2.05, 4.69) is 16.8 Å². The van der Waals surface area contributed by atoms with Gasteiger partial charge in [-0.05, 0) is 14.0 Å². The second-order valence-electron chi connectivity index (χ2n) is 4.57. The number of hydrogen-bond donors (Lipinski definition) is 0. The fourth-order valence-corrected chi connectivity index (χ4v) is 1.85. The molecule has 1 aliphatic rings. The van der Waals surface area contributed by atoms with Crippen LogP contribution in [0.25, 0.3) is 0 Å². The Balaban J connectivity index is 0.00000172. The average molecular weight is 290 g/mol. The molecule has 1 aliphatic heterocycles. The number of hydrogen-bond acceptors (Lipinski definition) is 5. The molecule has 0 amide bonds. The number of rotatable bonds is 10. The normalized spacial score (nSPS) is 16.8. The molecule has 0 aromatic carbocycles. The average Bonchev–Trinajstić information content (AvgIpc) is 2.49. The molecule has 1 heterocycles. The van der Waals surface area contributed by atoms with Crippen LogP contribution in [0.1, 0.15) is 20.8 Å². The van der Waals surface area contributed by atoms with Crippen molar-refractivity contribution in [3.63, 3.8) is 0 Å². The van der Waals surface area contributed by atoms with E-state index in [-0.39, 0.29) is 0 Å². The number of likely N-dealkylation sites (N-methyl/N-ethyl adjacent to an activating group) is 1. The van der Waals surface area contributed by atoms with Gasteiger partial charge in [0, 0.05) is 39.3 Å². The van der Waals surface area contributed by atoms with E-state index in [0.29, 0.717) is 26.4 Å². The van der Waals surface area contributed by atoms with Crippen LogP contribution in [0, 0.1) is 0 Å². The van der Waals surface area contributed by atoms with E-state index in [4.69, 9.17) is 14.2 Å². The third kappa shape index (κ3) is 11.6. The fraction of sp³-hybridized carbons (Fsp3) is 1.00. The maximum atomic E-state index is 5.55. The Labute approximate surface area is 125 Å². The molecular formula is C15H34N2O3. The van der Waals surface area contributed by atoms with E-state index in [9.17, 15) is 0 Å². The first kappa shape index (κ1) is 19.8. The summed E-state index contributed by atoms with van der Waals surface area (Å²) < 4.78 is 16.1. The summed E-state index contributed by atoms with van der Waals surface area (Å²) in [6.45, 7) is 15.9. The van der Waals surface area contributed by atoms with Gasteiger partial charge >= 0.3 is 0 Å². The van der Waals surface area contributed by atoms with Crippen molar-refractivity contribution in [1.82, 2.24) is 9.80 Å². The summed E-state index contributed by atoms with van der Waals surface area (Å²) in [5.41, 5.74) is 0. The molecule has 0 N–H and O–H groups in total. The SMILES string of the molecule is CC.CCOCCOCCOCCN1CCN(C)CC1. The van der Waals surface area contributed by atoms with Gasteiger partial charge in [0.05, 0.1) is 33.0 Å². The van der Waals surface area contributed by atoms with E-state index in [1.807, 2.05) is 20.8 Å². The van der Waals surface area contributed by atoms with Crippen molar-refractivity contribution in [3.8, 4) is 0 Å². The Morgan fingerprint density at radius 3 is 1.80 bits per heavy atom. The molecule has 5 nitrogen and oxygen atoms in total. The van der Waals surface area contributed by atoms with Gasteiger partial charge in [-0.3, -0.25) is 4.90 Å². The zero-order valence-electron chi connectivity index (χ0n) is 13.9. The zero-order valence-corrected chi connectivity index (χ0v) is 13.9. The van der Waals surface area contributed by atoms with Crippen LogP contribution in [0.5, 0.6) is 0 Å². The van der Waals surface area contributed by atoms with Crippen LogP contribution >= 0.6 is 0 Å². The van der Waals surface area contributed by atoms with Crippen molar-refractivity contribution < 1.29 is 14.2 Å². The smallest absolute Gasteiger partial charge is 0.0701 e. The first-order valence-corrected chi connectivity index (χ1v) is 7.97. The summed E-state index contributed by atoms with van der Waals surface area (Å²) in [6, 6.07) is 0. The summed E-state index contributed by atoms with van der Waals surface area (Å²) in [5, 5.41) is 0. The van der Waals surface area contributed by atoms with Crippen LogP contribution in [0.2, 0.25) is 0 Å². The van der Waals surface area contributed by atoms with Crippen LogP contribution in [-0.4, -0.2) is 89.2 Å². The van der Waals surface area contributed by atoms with Gasteiger partial charge in [-0.15, -0.1) is 0 Å². The third-order valence-corrected chi connectivity index (χ3v) is 3.10. The molecule has 20 heavy (non-hydrogen) atoms. The van der Waals surface area contributed by atoms with Crippen LogP contribution in [0.15, 0.2) is 0 Å². The molecule has 0 aliphatic carbocycles. The van der Waals surface area contributed by atoms with Gasteiger partial charge in [0.25, 0.3) is 0 Å². The van der Waals surface area contributed by atoms with Gasteiger partial charge < -0.3 is 19.1 Å². The van der Waals surface area contributed by atoms with Crippen molar-refractivity contribution in [2.45, 2.75) is 20.8 Å². The Morgan fingerprint density at radius 1 is 0.750 bits per heavy atom. The Morgan fingerprint density at radius 2 is 1.25 bits per heavy atom. The van der Waals surface area contributed by atoms with Crippen LogP contribution in [-0.2, 0) is 14.2 Å². The lowest BCUT2D eigenvalue weighted by Crippen LogP contribution is -2.45. The van der Waals surface area contributed by atoms with E-state index in [1.165, 1.54) is 13.1 Å². The predicted octanol–water partition coefficient (Wildman–Crippen LogP) is 1.33. The topological polar surface area (TPSA) is 34.2 Å². The summed E-state index contributed by atoms with van der Waals surface area (Å²) in [4.78, 5) is 4.82. The first-order valence-electron chi connectivity index (χ1n) is 7.97. The molecule has 0 aromatic heterocycles. The van der Waals surface area contributed by atoms with Crippen molar-refractivity contribution in [1.29, 1.82) is 0 Å². The molecule has 1 saturated heterocycles. The summed E-state index contributed by atoms with van der Waals surface area (Å²) >= 11 is 0. The Hall–Kier alpha value is -0.200. The second kappa shape index (κ2) is 15.2. The standard InChI is InChI=1S/C13H28N2O3.C2H6/c1-3-16-10-11-18-13-12-17-9-8-15-6-4-14(2)5-7-15;1-2/h3-13H2,1-2H3;1-2H3. The maximum Gasteiger partial charge on any atom is 0.0701 e. The van der Waals surface area contributed by atoms with Gasteiger partial charge in [0.15, 0.2) is 0 Å². The Kier molecular flexibility index (Phi) is 15.0. The minimum Gasteiger partial charge on any atom is -0.379 e. The van der Waals surface area contributed by atoms with Gasteiger partial charge in [-0.25, -0.2) is 0 Å². The van der Waals surface area contributed by atoms with Gasteiger partial charge in [-0.2, -0.15) is 0 Å². The molecule has 122 valence electrons. The quantitative estimate of drug-likeness (QED) is 0.567.